The van der Waals surface area contributed by atoms with E-state index in [1.807, 2.05) is 55.5 Å². The van der Waals surface area contributed by atoms with Gasteiger partial charge in [-0.15, -0.1) is 0 Å². The Bertz CT molecular complexity index is 1060. The van der Waals surface area contributed by atoms with Crippen LogP contribution in [0.15, 0.2) is 59.4 Å². The first kappa shape index (κ1) is 17.4. The molecule has 2 aromatic carbocycles. The number of aromatic nitrogens is 1. The third-order valence-electron chi connectivity index (χ3n) is 4.10. The molecule has 0 aliphatic carbocycles. The largest absolute Gasteiger partial charge is 0.322 e. The number of H-pyrrole nitrogens is 1. The zero-order chi connectivity index (χ0) is 18.0. The summed E-state index contributed by atoms with van der Waals surface area (Å²) in [7, 11) is -3.46. The van der Waals surface area contributed by atoms with Crippen LogP contribution in [0.3, 0.4) is 0 Å². The number of pyridine rings is 1. The number of rotatable bonds is 5. The second-order valence-electron chi connectivity index (χ2n) is 6.23. The number of hydrogen-bond donors (Lipinski definition) is 1. The van der Waals surface area contributed by atoms with Gasteiger partial charge in [0.25, 0.3) is 5.56 Å². The molecule has 0 bridgehead atoms. The van der Waals surface area contributed by atoms with E-state index in [1.54, 1.807) is 6.07 Å². The molecular weight excluding hydrogens is 336 g/mol. The van der Waals surface area contributed by atoms with E-state index in [-0.39, 0.29) is 18.6 Å². The summed E-state index contributed by atoms with van der Waals surface area (Å²) in [4.78, 5) is 15.2. The van der Waals surface area contributed by atoms with Crippen LogP contribution in [0, 0.1) is 6.92 Å². The maximum absolute atomic E-state index is 12.4. The van der Waals surface area contributed by atoms with E-state index >= 15 is 0 Å². The van der Waals surface area contributed by atoms with Gasteiger partial charge in [0.2, 0.25) is 10.0 Å². The van der Waals surface area contributed by atoms with Crippen molar-refractivity contribution in [2.75, 3.05) is 6.26 Å². The molecule has 3 rings (SSSR count). The summed E-state index contributed by atoms with van der Waals surface area (Å²) in [5.41, 5.74) is 2.85. The molecule has 0 radical (unpaired) electrons. The molecule has 1 aromatic heterocycles. The van der Waals surface area contributed by atoms with Crippen molar-refractivity contribution < 1.29 is 8.42 Å². The molecule has 0 amide bonds. The van der Waals surface area contributed by atoms with Gasteiger partial charge in [0.05, 0.1) is 6.26 Å². The number of nitrogens with zero attached hydrogens (tertiary/aromatic N) is 1. The van der Waals surface area contributed by atoms with E-state index in [1.165, 1.54) is 4.31 Å². The van der Waals surface area contributed by atoms with Gasteiger partial charge in [-0.2, -0.15) is 4.31 Å². The summed E-state index contributed by atoms with van der Waals surface area (Å²) in [5.74, 6) is 0. The van der Waals surface area contributed by atoms with Crippen LogP contribution in [0.25, 0.3) is 10.9 Å². The standard InChI is InChI=1S/C19H20N2O3S/c1-14-8-9-16-11-17(19(22)20-18(16)10-14)13-21(25(2,23)24)12-15-6-4-3-5-7-15/h3-11H,12-13H2,1-2H3,(H,20,22). The fourth-order valence-corrected chi connectivity index (χ4v) is 3.50. The highest BCUT2D eigenvalue weighted by atomic mass is 32.2. The lowest BCUT2D eigenvalue weighted by Crippen LogP contribution is -2.31. The quantitative estimate of drug-likeness (QED) is 0.764. The molecule has 0 aliphatic heterocycles. The first-order valence-electron chi connectivity index (χ1n) is 7.94. The predicted octanol–water partition coefficient (Wildman–Crippen LogP) is 2.80. The number of aryl methyl sites for hydroxylation is 1. The van der Waals surface area contributed by atoms with E-state index in [0.717, 1.165) is 28.3 Å². The Morgan fingerprint density at radius 3 is 2.40 bits per heavy atom. The molecule has 25 heavy (non-hydrogen) atoms. The molecule has 1 N–H and O–H groups in total. The van der Waals surface area contributed by atoms with Crippen LogP contribution in [0.2, 0.25) is 0 Å². The zero-order valence-corrected chi connectivity index (χ0v) is 15.0. The second-order valence-corrected chi connectivity index (χ2v) is 8.21. The lowest BCUT2D eigenvalue weighted by atomic mass is 10.1. The lowest BCUT2D eigenvalue weighted by molar-refractivity contribution is 0.404. The van der Waals surface area contributed by atoms with Crippen LogP contribution in [0.5, 0.6) is 0 Å². The van der Waals surface area contributed by atoms with Crippen molar-refractivity contribution in [3.8, 4) is 0 Å². The summed E-state index contributed by atoms with van der Waals surface area (Å²) in [6.45, 7) is 2.22. The average molecular weight is 356 g/mol. The Hall–Kier alpha value is -2.44. The molecule has 0 fully saturated rings. The fourth-order valence-electron chi connectivity index (χ4n) is 2.74. The number of fused-ring (bicyclic) bond motifs is 1. The van der Waals surface area contributed by atoms with Crippen molar-refractivity contribution in [3.63, 3.8) is 0 Å². The minimum absolute atomic E-state index is 0.0346. The number of aromatic amines is 1. The highest BCUT2D eigenvalue weighted by Crippen LogP contribution is 2.16. The number of sulfonamides is 1. The minimum Gasteiger partial charge on any atom is -0.322 e. The van der Waals surface area contributed by atoms with Gasteiger partial charge in [-0.25, -0.2) is 8.42 Å². The third kappa shape index (κ3) is 4.15. The number of hydrogen-bond acceptors (Lipinski definition) is 3. The maximum atomic E-state index is 12.4. The van der Waals surface area contributed by atoms with E-state index in [9.17, 15) is 13.2 Å². The van der Waals surface area contributed by atoms with Gasteiger partial charge >= 0.3 is 0 Å². The van der Waals surface area contributed by atoms with Crippen molar-refractivity contribution in [1.82, 2.24) is 9.29 Å². The summed E-state index contributed by atoms with van der Waals surface area (Å²) in [6.07, 6.45) is 1.16. The molecule has 0 saturated heterocycles. The van der Waals surface area contributed by atoms with Gasteiger partial charge in [-0.05, 0) is 35.6 Å². The highest BCUT2D eigenvalue weighted by Gasteiger charge is 2.19. The van der Waals surface area contributed by atoms with Crippen LogP contribution in [-0.4, -0.2) is 24.0 Å². The van der Waals surface area contributed by atoms with Crippen LogP contribution in [0.1, 0.15) is 16.7 Å². The molecular formula is C19H20N2O3S. The summed E-state index contributed by atoms with van der Waals surface area (Å²) in [6, 6.07) is 16.9. The van der Waals surface area contributed by atoms with Crippen molar-refractivity contribution in [1.29, 1.82) is 0 Å². The molecule has 3 aromatic rings. The monoisotopic (exact) mass is 356 g/mol. The third-order valence-corrected chi connectivity index (χ3v) is 5.29. The molecule has 1 heterocycles. The Labute approximate surface area is 147 Å². The van der Waals surface area contributed by atoms with Gasteiger partial charge in [-0.1, -0.05) is 42.5 Å². The van der Waals surface area contributed by atoms with Gasteiger partial charge in [0, 0.05) is 24.2 Å². The number of nitrogens with one attached hydrogen (secondary N) is 1. The van der Waals surface area contributed by atoms with Crippen LogP contribution >= 0.6 is 0 Å². The Kier molecular flexibility index (Phi) is 4.74. The summed E-state index contributed by atoms with van der Waals surface area (Å²) in [5, 5.41) is 0.883. The zero-order valence-electron chi connectivity index (χ0n) is 14.2. The summed E-state index contributed by atoms with van der Waals surface area (Å²) >= 11 is 0. The first-order valence-corrected chi connectivity index (χ1v) is 9.79. The van der Waals surface area contributed by atoms with Gasteiger partial charge in [-0.3, -0.25) is 4.79 Å². The van der Waals surface area contributed by atoms with Gasteiger partial charge in [0.1, 0.15) is 0 Å². The van der Waals surface area contributed by atoms with E-state index in [2.05, 4.69) is 4.98 Å². The van der Waals surface area contributed by atoms with E-state index in [4.69, 9.17) is 0 Å². The average Bonchev–Trinajstić information content (AvgIpc) is 2.55. The minimum atomic E-state index is -3.46. The van der Waals surface area contributed by atoms with Crippen molar-refractivity contribution in [2.45, 2.75) is 20.0 Å². The molecule has 0 saturated carbocycles. The van der Waals surface area contributed by atoms with Crippen molar-refractivity contribution >= 4 is 20.9 Å². The predicted molar refractivity (Wildman–Crippen MR) is 99.8 cm³/mol. The lowest BCUT2D eigenvalue weighted by Gasteiger charge is -2.20. The Balaban J connectivity index is 1.97. The maximum Gasteiger partial charge on any atom is 0.252 e. The molecule has 5 nitrogen and oxygen atoms in total. The van der Waals surface area contributed by atoms with Crippen LogP contribution < -0.4 is 5.56 Å². The van der Waals surface area contributed by atoms with E-state index < -0.39 is 10.0 Å². The number of benzene rings is 2. The normalized spacial score (nSPS) is 12.0. The highest BCUT2D eigenvalue weighted by molar-refractivity contribution is 7.88. The smallest absolute Gasteiger partial charge is 0.252 e. The van der Waals surface area contributed by atoms with Gasteiger partial charge < -0.3 is 4.98 Å². The summed E-state index contributed by atoms with van der Waals surface area (Å²) < 4.78 is 25.7. The Morgan fingerprint density at radius 1 is 1.00 bits per heavy atom. The van der Waals surface area contributed by atoms with Crippen LogP contribution in [-0.2, 0) is 23.1 Å². The molecule has 0 unspecified atom stereocenters. The van der Waals surface area contributed by atoms with Gasteiger partial charge in [0.15, 0.2) is 0 Å². The van der Waals surface area contributed by atoms with Crippen LogP contribution in [0.4, 0.5) is 0 Å². The van der Waals surface area contributed by atoms with E-state index in [0.29, 0.717) is 5.56 Å². The van der Waals surface area contributed by atoms with Crippen molar-refractivity contribution in [2.24, 2.45) is 0 Å². The second kappa shape index (κ2) is 6.82. The molecule has 0 spiro atoms. The molecule has 0 aliphatic rings. The Morgan fingerprint density at radius 2 is 1.72 bits per heavy atom. The molecule has 0 atom stereocenters. The topological polar surface area (TPSA) is 70.2 Å². The molecule has 130 valence electrons. The fraction of sp³-hybridized carbons (Fsp3) is 0.211. The molecule has 6 heteroatoms. The first-order chi connectivity index (χ1) is 11.8. The van der Waals surface area contributed by atoms with Crippen molar-refractivity contribution in [3.05, 3.63) is 81.6 Å². The SMILES string of the molecule is Cc1ccc2cc(CN(Cc3ccccc3)S(C)(=O)=O)c(=O)[nH]c2c1.